The summed E-state index contributed by atoms with van der Waals surface area (Å²) in [5, 5.41) is 10.4. The summed E-state index contributed by atoms with van der Waals surface area (Å²) in [5.74, 6) is 0. The van der Waals surface area contributed by atoms with Crippen LogP contribution in [0.4, 0.5) is 0 Å². The van der Waals surface area contributed by atoms with E-state index in [1.165, 1.54) is 39.7 Å². The van der Waals surface area contributed by atoms with Crippen molar-refractivity contribution in [1.29, 1.82) is 5.26 Å². The van der Waals surface area contributed by atoms with Crippen LogP contribution in [0.5, 0.6) is 0 Å². The smallest absolute Gasteiger partial charge is 0.0640 e. The normalized spacial score (nSPS) is 13.2. The average molecular weight is 286 g/mol. The highest BCUT2D eigenvalue weighted by Gasteiger charge is 2.22. The number of hydrogen-bond donors (Lipinski definition) is 0. The Morgan fingerprint density at radius 3 is 2.73 bits per heavy atom. The lowest BCUT2D eigenvalue weighted by Crippen LogP contribution is -2.01. The first-order valence-electron chi connectivity index (χ1n) is 7.95. The Hall–Kier alpha value is -2.53. The number of para-hydroxylation sites is 1. The SMILES string of the molecule is N#CCCn1c2c(c3ccccc31)CCCc1ccccc1-2. The lowest BCUT2D eigenvalue weighted by Gasteiger charge is -2.12. The molecule has 2 aromatic carbocycles. The molecule has 0 radical (unpaired) electrons. The highest BCUT2D eigenvalue weighted by atomic mass is 15.0. The summed E-state index contributed by atoms with van der Waals surface area (Å²) in [6.07, 6.45) is 3.99. The van der Waals surface area contributed by atoms with Gasteiger partial charge in [0.05, 0.1) is 18.2 Å². The summed E-state index contributed by atoms with van der Waals surface area (Å²) in [5.41, 5.74) is 6.84. The van der Waals surface area contributed by atoms with E-state index in [1.807, 2.05) is 0 Å². The molecule has 0 fully saturated rings. The molecule has 3 aromatic rings. The van der Waals surface area contributed by atoms with E-state index in [0.29, 0.717) is 6.42 Å². The predicted octanol–water partition coefficient (Wildman–Crippen LogP) is 4.71. The van der Waals surface area contributed by atoms with Crippen LogP contribution >= 0.6 is 0 Å². The highest BCUT2D eigenvalue weighted by Crippen LogP contribution is 2.39. The second-order valence-corrected chi connectivity index (χ2v) is 5.91. The van der Waals surface area contributed by atoms with Crippen molar-refractivity contribution in [2.45, 2.75) is 32.2 Å². The average Bonchev–Trinajstić information content (AvgIpc) is 2.74. The minimum absolute atomic E-state index is 0.549. The van der Waals surface area contributed by atoms with E-state index in [1.54, 1.807) is 0 Å². The van der Waals surface area contributed by atoms with Crippen molar-refractivity contribution < 1.29 is 0 Å². The molecule has 0 bridgehead atoms. The summed E-state index contributed by atoms with van der Waals surface area (Å²) in [7, 11) is 0. The molecule has 22 heavy (non-hydrogen) atoms. The van der Waals surface area contributed by atoms with Crippen molar-refractivity contribution in [2.24, 2.45) is 0 Å². The fourth-order valence-corrected chi connectivity index (χ4v) is 3.76. The Morgan fingerprint density at radius 1 is 1.00 bits per heavy atom. The molecular formula is C20H18N2. The van der Waals surface area contributed by atoms with Crippen LogP contribution in [0.3, 0.4) is 0 Å². The molecule has 0 spiro atoms. The molecule has 1 aliphatic carbocycles. The second kappa shape index (κ2) is 5.35. The van der Waals surface area contributed by atoms with Crippen LogP contribution < -0.4 is 0 Å². The van der Waals surface area contributed by atoms with E-state index in [4.69, 9.17) is 5.26 Å². The van der Waals surface area contributed by atoms with Gasteiger partial charge in [0, 0.05) is 23.0 Å². The first kappa shape index (κ1) is 13.2. The number of fused-ring (bicyclic) bond motifs is 5. The molecule has 0 saturated carbocycles. The maximum Gasteiger partial charge on any atom is 0.0640 e. The van der Waals surface area contributed by atoms with E-state index in [9.17, 15) is 0 Å². The standard InChI is InChI=1S/C20H18N2/c21-13-6-14-22-19-12-4-3-10-17(19)18-11-5-8-15-7-1-2-9-16(15)20(18)22/h1-4,7,9-10,12H,5-6,8,11,14H2. The van der Waals surface area contributed by atoms with Crippen molar-refractivity contribution >= 4 is 10.9 Å². The maximum atomic E-state index is 9.03. The topological polar surface area (TPSA) is 28.7 Å². The Labute approximate surface area is 130 Å². The fourth-order valence-electron chi connectivity index (χ4n) is 3.76. The quantitative estimate of drug-likeness (QED) is 0.670. The first-order valence-corrected chi connectivity index (χ1v) is 7.95. The van der Waals surface area contributed by atoms with Gasteiger partial charge in [0.1, 0.15) is 0 Å². The third-order valence-electron chi connectivity index (χ3n) is 4.67. The van der Waals surface area contributed by atoms with E-state index in [0.717, 1.165) is 19.4 Å². The van der Waals surface area contributed by atoms with Crippen LogP contribution in [0.15, 0.2) is 48.5 Å². The molecule has 2 nitrogen and oxygen atoms in total. The van der Waals surface area contributed by atoms with Crippen LogP contribution in [0.25, 0.3) is 22.2 Å². The van der Waals surface area contributed by atoms with Gasteiger partial charge in [0.15, 0.2) is 0 Å². The van der Waals surface area contributed by atoms with Gasteiger partial charge >= 0.3 is 0 Å². The monoisotopic (exact) mass is 286 g/mol. The van der Waals surface area contributed by atoms with Crippen molar-refractivity contribution in [3.63, 3.8) is 0 Å². The van der Waals surface area contributed by atoms with Crippen LogP contribution in [-0.2, 0) is 19.4 Å². The van der Waals surface area contributed by atoms with Crippen LogP contribution in [0.1, 0.15) is 24.0 Å². The molecular weight excluding hydrogens is 268 g/mol. The zero-order valence-electron chi connectivity index (χ0n) is 12.5. The lowest BCUT2D eigenvalue weighted by atomic mass is 10.0. The molecule has 0 aliphatic heterocycles. The van der Waals surface area contributed by atoms with Gasteiger partial charge < -0.3 is 4.57 Å². The van der Waals surface area contributed by atoms with Gasteiger partial charge in [-0.25, -0.2) is 0 Å². The predicted molar refractivity (Wildman–Crippen MR) is 89.6 cm³/mol. The molecule has 0 atom stereocenters. The molecule has 1 aromatic heterocycles. The van der Waals surface area contributed by atoms with Crippen LogP contribution in [-0.4, -0.2) is 4.57 Å². The largest absolute Gasteiger partial charge is 0.339 e. The second-order valence-electron chi connectivity index (χ2n) is 5.91. The third kappa shape index (κ3) is 1.94. The molecule has 0 unspecified atom stereocenters. The number of rotatable bonds is 2. The highest BCUT2D eigenvalue weighted by molar-refractivity contribution is 5.92. The van der Waals surface area contributed by atoms with Gasteiger partial charge in [0.2, 0.25) is 0 Å². The number of aryl methyl sites for hydroxylation is 3. The number of benzene rings is 2. The van der Waals surface area contributed by atoms with Crippen LogP contribution in [0.2, 0.25) is 0 Å². The number of hydrogen-bond acceptors (Lipinski definition) is 1. The first-order chi connectivity index (χ1) is 10.9. The van der Waals surface area contributed by atoms with E-state index in [2.05, 4.69) is 59.2 Å². The molecule has 0 saturated heterocycles. The summed E-state index contributed by atoms with van der Waals surface area (Å²) in [4.78, 5) is 0. The molecule has 0 amide bonds. The minimum atomic E-state index is 0.549. The molecule has 2 heteroatoms. The van der Waals surface area contributed by atoms with Crippen molar-refractivity contribution in [1.82, 2.24) is 4.57 Å². The molecule has 1 aliphatic rings. The number of aromatic nitrogens is 1. The molecule has 108 valence electrons. The summed E-state index contributed by atoms with van der Waals surface area (Å²) in [6, 6.07) is 19.7. The summed E-state index contributed by atoms with van der Waals surface area (Å²) in [6.45, 7) is 0.765. The summed E-state index contributed by atoms with van der Waals surface area (Å²) < 4.78 is 2.36. The van der Waals surface area contributed by atoms with Gasteiger partial charge in [-0.2, -0.15) is 5.26 Å². The fraction of sp³-hybridized carbons (Fsp3) is 0.250. The Bertz CT molecular complexity index is 880. The molecule has 0 N–H and O–H groups in total. The van der Waals surface area contributed by atoms with Gasteiger partial charge in [-0.1, -0.05) is 42.5 Å². The van der Waals surface area contributed by atoms with E-state index >= 15 is 0 Å². The van der Waals surface area contributed by atoms with E-state index < -0.39 is 0 Å². The van der Waals surface area contributed by atoms with E-state index in [-0.39, 0.29) is 0 Å². The maximum absolute atomic E-state index is 9.03. The van der Waals surface area contributed by atoms with Gasteiger partial charge in [-0.15, -0.1) is 0 Å². The summed E-state index contributed by atoms with van der Waals surface area (Å²) >= 11 is 0. The molecule has 4 rings (SSSR count). The van der Waals surface area contributed by atoms with Gasteiger partial charge in [-0.05, 0) is 36.5 Å². The Kier molecular flexibility index (Phi) is 3.20. The Morgan fingerprint density at radius 2 is 1.82 bits per heavy atom. The third-order valence-corrected chi connectivity index (χ3v) is 4.67. The van der Waals surface area contributed by atoms with Crippen molar-refractivity contribution in [2.75, 3.05) is 0 Å². The van der Waals surface area contributed by atoms with Crippen molar-refractivity contribution in [3.05, 3.63) is 59.7 Å². The van der Waals surface area contributed by atoms with Gasteiger partial charge in [0.25, 0.3) is 0 Å². The van der Waals surface area contributed by atoms with Gasteiger partial charge in [-0.3, -0.25) is 0 Å². The lowest BCUT2D eigenvalue weighted by molar-refractivity contribution is 0.748. The zero-order chi connectivity index (χ0) is 14.9. The van der Waals surface area contributed by atoms with Crippen molar-refractivity contribution in [3.8, 4) is 17.3 Å². The number of nitriles is 1. The number of nitrogens with zero attached hydrogens (tertiary/aromatic N) is 2. The minimum Gasteiger partial charge on any atom is -0.339 e. The zero-order valence-corrected chi connectivity index (χ0v) is 12.5. The Balaban J connectivity index is 2.07. The van der Waals surface area contributed by atoms with Crippen LogP contribution in [0, 0.1) is 11.3 Å². The molecule has 1 heterocycles.